The first kappa shape index (κ1) is 26.8. The fourth-order valence-electron chi connectivity index (χ4n) is 5.38. The Bertz CT molecular complexity index is 1080. The average Bonchev–Trinajstić information content (AvgIpc) is 3.29. The Balaban J connectivity index is 0.00000153. The van der Waals surface area contributed by atoms with Gasteiger partial charge >= 0.3 is 197 Å². The van der Waals surface area contributed by atoms with E-state index in [4.69, 9.17) is 0 Å². The summed E-state index contributed by atoms with van der Waals surface area (Å²) < 4.78 is 4.51. The van der Waals surface area contributed by atoms with Gasteiger partial charge in [0.2, 0.25) is 0 Å². The van der Waals surface area contributed by atoms with Crippen molar-refractivity contribution in [2.75, 3.05) is 0 Å². The second-order valence-corrected chi connectivity index (χ2v) is 21.6. The average molecular weight is 646 g/mol. The molecule has 0 bridgehead atoms. The van der Waals surface area contributed by atoms with E-state index in [1.54, 1.807) is 11.1 Å². The summed E-state index contributed by atoms with van der Waals surface area (Å²) in [5.74, 6) is 0. The van der Waals surface area contributed by atoms with Gasteiger partial charge in [-0.05, 0) is 0 Å². The van der Waals surface area contributed by atoms with Gasteiger partial charge in [0, 0.05) is 0 Å². The maximum absolute atomic E-state index is 2.54. The predicted octanol–water partition coefficient (Wildman–Crippen LogP) is 2.18. The van der Waals surface area contributed by atoms with Gasteiger partial charge in [0.25, 0.3) is 0 Å². The largest absolute Gasteiger partial charge is 1.00 e. The van der Waals surface area contributed by atoms with Crippen LogP contribution in [-0.2, 0) is 31.8 Å². The zero-order chi connectivity index (χ0) is 22.0. The van der Waals surface area contributed by atoms with E-state index in [-0.39, 0.29) is 35.6 Å². The Morgan fingerprint density at radius 3 is 1.64 bits per heavy atom. The summed E-state index contributed by atoms with van der Waals surface area (Å²) in [5, 5.41) is 0. The van der Waals surface area contributed by atoms with Gasteiger partial charge in [-0.25, -0.2) is 0 Å². The third kappa shape index (κ3) is 4.85. The summed E-state index contributed by atoms with van der Waals surface area (Å²) in [6.45, 7) is 14.1. The van der Waals surface area contributed by atoms with E-state index in [2.05, 4.69) is 96.2 Å². The van der Waals surface area contributed by atoms with Crippen LogP contribution in [0.4, 0.5) is 0 Å². The van der Waals surface area contributed by atoms with E-state index >= 15 is 0 Å². The van der Waals surface area contributed by atoms with Gasteiger partial charge in [-0.3, -0.25) is 0 Å². The number of fused-ring (bicyclic) bond motifs is 3. The van der Waals surface area contributed by atoms with E-state index in [0.717, 1.165) is 0 Å². The molecule has 0 spiro atoms. The molecule has 0 N–H and O–H groups in total. The van der Waals surface area contributed by atoms with E-state index in [0.29, 0.717) is 3.67 Å². The van der Waals surface area contributed by atoms with Crippen LogP contribution in [0, 0.1) is 0 Å². The molecule has 3 aliphatic rings. The number of halogens is 2. The Kier molecular flexibility index (Phi) is 7.90. The number of hydrogen-bond acceptors (Lipinski definition) is 0. The Morgan fingerprint density at radius 1 is 0.758 bits per heavy atom. The van der Waals surface area contributed by atoms with Crippen LogP contribution < -0.4 is 24.8 Å². The van der Waals surface area contributed by atoms with Crippen molar-refractivity contribution in [2.24, 2.45) is 0 Å². The summed E-state index contributed by atoms with van der Waals surface area (Å²) >= 11 is -2.17. The van der Waals surface area contributed by atoms with Crippen molar-refractivity contribution in [3.63, 3.8) is 0 Å². The van der Waals surface area contributed by atoms with E-state index in [1.807, 2.05) is 6.58 Å². The third-order valence-corrected chi connectivity index (χ3v) is 20.2. The minimum atomic E-state index is -2.17. The summed E-state index contributed by atoms with van der Waals surface area (Å²) in [6.07, 6.45) is 12.7. The molecule has 0 atom stereocenters. The van der Waals surface area contributed by atoms with Crippen molar-refractivity contribution in [1.29, 1.82) is 0 Å². The molecule has 0 heterocycles. The molecule has 1 fully saturated rings. The second kappa shape index (κ2) is 9.71. The molecule has 0 amide bonds. The summed E-state index contributed by atoms with van der Waals surface area (Å²) in [5.41, 5.74) is 9.64. The van der Waals surface area contributed by atoms with Crippen molar-refractivity contribution in [3.8, 4) is 11.1 Å². The first-order chi connectivity index (χ1) is 14.6. The van der Waals surface area contributed by atoms with Crippen LogP contribution in [0.15, 0.2) is 58.0 Å². The SMILES string of the molecule is CC(C)(C)c1ccc2c(c1)-c1cc(C(C)(C)C)ccc1[CH]2[Hf+2]([C]1=CC=CC1)=[C]1CCC1.[Cl-].[Cl-]. The monoisotopic (exact) mass is 646 g/mol. The van der Waals surface area contributed by atoms with E-state index in [9.17, 15) is 0 Å². The molecule has 5 rings (SSSR count). The molecule has 174 valence electrons. The van der Waals surface area contributed by atoms with Gasteiger partial charge in [-0.1, -0.05) is 0 Å². The van der Waals surface area contributed by atoms with Crippen LogP contribution in [-0.4, -0.2) is 3.26 Å². The van der Waals surface area contributed by atoms with E-state index in [1.165, 1.54) is 47.9 Å². The standard InChI is InChI=1S/C21H25.C5H5.C4H6.2ClH.Hf/c1-20(2,3)16-9-7-14-11-15-8-10-17(21(4,5)6)13-19(15)18(14)12-16;1-2-4-5-3-1;1-2-4-3-1;;;/h7-13H,1-6H3;1-3H,4H2;1-3H2;2*1H;/q;;;;;+2/p-2. The van der Waals surface area contributed by atoms with Gasteiger partial charge in [-0.15, -0.1) is 0 Å². The molecular formula is C30H36Cl2Hf. The maximum atomic E-state index is 2.54. The van der Waals surface area contributed by atoms with Crippen molar-refractivity contribution in [2.45, 2.75) is 81.7 Å². The molecule has 2 aromatic rings. The van der Waals surface area contributed by atoms with Crippen LogP contribution >= 0.6 is 0 Å². The normalized spacial score (nSPS) is 16.6. The van der Waals surface area contributed by atoms with Crippen molar-refractivity contribution in [1.82, 2.24) is 0 Å². The van der Waals surface area contributed by atoms with Crippen molar-refractivity contribution >= 4 is 3.26 Å². The zero-order valence-corrected chi connectivity index (χ0v) is 26.0. The molecule has 1 saturated carbocycles. The number of allylic oxidation sites excluding steroid dienone is 4. The molecule has 2 aromatic carbocycles. The number of hydrogen-bond donors (Lipinski definition) is 0. The van der Waals surface area contributed by atoms with Crippen molar-refractivity contribution < 1.29 is 45.8 Å². The van der Waals surface area contributed by atoms with Gasteiger partial charge in [0.15, 0.2) is 0 Å². The van der Waals surface area contributed by atoms with Gasteiger partial charge in [0.1, 0.15) is 0 Å². The van der Waals surface area contributed by atoms with Crippen LogP contribution in [0.2, 0.25) is 0 Å². The molecule has 33 heavy (non-hydrogen) atoms. The molecule has 0 nitrogen and oxygen atoms in total. The topological polar surface area (TPSA) is 0 Å². The minimum absolute atomic E-state index is 0. The van der Waals surface area contributed by atoms with Gasteiger partial charge in [0.05, 0.1) is 0 Å². The molecule has 0 aromatic heterocycles. The van der Waals surface area contributed by atoms with Crippen LogP contribution in [0.3, 0.4) is 0 Å². The van der Waals surface area contributed by atoms with E-state index < -0.39 is 21.0 Å². The predicted molar refractivity (Wildman–Crippen MR) is 132 cm³/mol. The molecule has 0 radical (unpaired) electrons. The first-order valence-electron chi connectivity index (χ1n) is 12.0. The smallest absolute Gasteiger partial charge is 1.00 e. The fourth-order valence-corrected chi connectivity index (χ4v) is 19.3. The molecule has 3 heteroatoms. The zero-order valence-electron chi connectivity index (χ0n) is 20.9. The molecule has 0 aliphatic heterocycles. The molecular weight excluding hydrogens is 610 g/mol. The molecule has 3 aliphatic carbocycles. The van der Waals surface area contributed by atoms with Gasteiger partial charge < -0.3 is 24.8 Å². The van der Waals surface area contributed by atoms with Crippen LogP contribution in [0.25, 0.3) is 11.1 Å². The Labute approximate surface area is 220 Å². The number of benzene rings is 2. The molecule has 0 saturated heterocycles. The minimum Gasteiger partial charge on any atom is -1.00 e. The van der Waals surface area contributed by atoms with Gasteiger partial charge in [-0.2, -0.15) is 0 Å². The van der Waals surface area contributed by atoms with Crippen molar-refractivity contribution in [3.05, 3.63) is 80.2 Å². The van der Waals surface area contributed by atoms with Crippen LogP contribution in [0.1, 0.15) is 93.2 Å². The summed E-state index contributed by atoms with van der Waals surface area (Å²) in [7, 11) is 0. The Hall–Kier alpha value is -0.760. The first-order valence-corrected chi connectivity index (χ1v) is 17.7. The summed E-state index contributed by atoms with van der Waals surface area (Å²) in [6, 6.07) is 15.0. The third-order valence-electron chi connectivity index (χ3n) is 7.49. The quantitative estimate of drug-likeness (QED) is 0.440. The second-order valence-electron chi connectivity index (χ2n) is 11.7. The summed E-state index contributed by atoms with van der Waals surface area (Å²) in [4.78, 5) is 0. The maximum Gasteiger partial charge on any atom is -1.00 e. The Morgan fingerprint density at radius 2 is 1.27 bits per heavy atom. The fraction of sp³-hybridized carbons (Fsp3) is 0.433. The molecule has 0 unspecified atom stereocenters. The van der Waals surface area contributed by atoms with Crippen LogP contribution in [0.5, 0.6) is 0 Å². The number of rotatable bonds is 2.